The van der Waals surface area contributed by atoms with Crippen LogP contribution in [-0.2, 0) is 11.4 Å². The molecule has 1 fully saturated rings. The Kier molecular flexibility index (Phi) is 7.52. The Morgan fingerprint density at radius 3 is 2.53 bits per heavy atom. The molecule has 1 aliphatic rings. The average Bonchev–Trinajstić information content (AvgIpc) is 3.15. The number of nitrogens with one attached hydrogen (secondary N) is 1. The van der Waals surface area contributed by atoms with E-state index in [0.29, 0.717) is 27.9 Å². The fourth-order valence-electron chi connectivity index (χ4n) is 3.82. The number of carbonyl (C=O) groups is 1. The quantitative estimate of drug-likeness (QED) is 0.176. The highest BCUT2D eigenvalue weighted by Gasteiger charge is 2.34. The Bertz CT molecular complexity index is 1360. The second-order valence-electron chi connectivity index (χ2n) is 7.98. The number of carbonyl (C=O) groups excluding carboxylic acids is 1. The summed E-state index contributed by atoms with van der Waals surface area (Å²) in [5.74, 6) is 0.662. The lowest BCUT2D eigenvalue weighted by Gasteiger charge is -2.23. The molecule has 1 aliphatic heterocycles. The number of methoxy groups -OCH3 is 1. The molecule has 10 heteroatoms. The van der Waals surface area contributed by atoms with Gasteiger partial charge >= 0.3 is 0 Å². The van der Waals surface area contributed by atoms with E-state index in [4.69, 9.17) is 33.3 Å². The second-order valence-corrected chi connectivity index (χ2v) is 8.78. The van der Waals surface area contributed by atoms with Crippen molar-refractivity contribution < 1.29 is 19.2 Å². The summed E-state index contributed by atoms with van der Waals surface area (Å²) in [5, 5.41) is 14.4. The van der Waals surface area contributed by atoms with Crippen molar-refractivity contribution >= 4 is 46.6 Å². The lowest BCUT2D eigenvalue weighted by Crippen LogP contribution is -2.33. The van der Waals surface area contributed by atoms with Gasteiger partial charge in [0.2, 0.25) is 0 Å². The van der Waals surface area contributed by atoms with Gasteiger partial charge in [-0.15, -0.1) is 0 Å². The summed E-state index contributed by atoms with van der Waals surface area (Å²) in [6.07, 6.45) is 1.72. The van der Waals surface area contributed by atoms with E-state index in [9.17, 15) is 14.9 Å². The van der Waals surface area contributed by atoms with Crippen LogP contribution in [0.3, 0.4) is 0 Å². The van der Waals surface area contributed by atoms with E-state index in [1.807, 2.05) is 49.4 Å². The normalized spacial score (nSPS) is 15.1. The highest BCUT2D eigenvalue weighted by Crippen LogP contribution is 2.31. The number of amides is 1. The van der Waals surface area contributed by atoms with E-state index in [0.717, 1.165) is 11.1 Å². The maximum Gasteiger partial charge on any atom is 0.277 e. The molecule has 1 heterocycles. The lowest BCUT2D eigenvalue weighted by atomic mass is 10.1. The molecule has 0 radical (unpaired) electrons. The molecule has 1 unspecified atom stereocenters. The largest absolute Gasteiger partial charge is 0.496 e. The van der Waals surface area contributed by atoms with Crippen LogP contribution in [0.4, 0.5) is 5.69 Å². The molecule has 8 nitrogen and oxygen atoms in total. The Morgan fingerprint density at radius 2 is 1.86 bits per heavy atom. The van der Waals surface area contributed by atoms with Crippen LogP contribution in [0.2, 0.25) is 5.02 Å². The zero-order chi connectivity index (χ0) is 25.8. The Balaban J connectivity index is 1.54. The van der Waals surface area contributed by atoms with Crippen molar-refractivity contribution in [3.63, 3.8) is 0 Å². The molecular weight excluding hydrogens is 502 g/mol. The van der Waals surface area contributed by atoms with E-state index < -0.39 is 4.92 Å². The van der Waals surface area contributed by atoms with Crippen molar-refractivity contribution in [2.45, 2.75) is 19.6 Å². The van der Waals surface area contributed by atoms with Gasteiger partial charge in [0.1, 0.15) is 23.8 Å². The van der Waals surface area contributed by atoms with E-state index >= 15 is 0 Å². The fourth-order valence-corrected chi connectivity index (χ4v) is 4.41. The fraction of sp³-hybridized carbons (Fsp3) is 0.154. The number of halogens is 1. The first kappa shape index (κ1) is 25.2. The zero-order valence-electron chi connectivity index (χ0n) is 19.4. The van der Waals surface area contributed by atoms with Gasteiger partial charge in [-0.25, -0.2) is 0 Å². The van der Waals surface area contributed by atoms with Crippen molar-refractivity contribution in [3.8, 4) is 11.5 Å². The highest BCUT2D eigenvalue weighted by molar-refractivity contribution is 7.80. The minimum atomic E-state index is -0.526. The van der Waals surface area contributed by atoms with Crippen LogP contribution in [0.15, 0.2) is 72.4 Å². The van der Waals surface area contributed by atoms with E-state index in [2.05, 4.69) is 5.32 Å². The molecule has 1 atom stereocenters. The van der Waals surface area contributed by atoms with Crippen molar-refractivity contribution in [2.75, 3.05) is 7.11 Å². The number of thiocarbonyl (C=S) groups is 1. The average molecular weight is 524 g/mol. The van der Waals surface area contributed by atoms with Crippen molar-refractivity contribution in [3.05, 3.63) is 104 Å². The van der Waals surface area contributed by atoms with Crippen molar-refractivity contribution in [2.24, 2.45) is 0 Å². The first-order chi connectivity index (χ1) is 17.3. The Labute approximate surface area is 218 Å². The topological polar surface area (TPSA) is 93.9 Å². The second kappa shape index (κ2) is 10.8. The molecule has 3 aromatic rings. The number of benzene rings is 3. The summed E-state index contributed by atoms with van der Waals surface area (Å²) in [7, 11) is 1.54. The molecule has 0 bridgehead atoms. The van der Waals surface area contributed by atoms with Crippen LogP contribution in [0, 0.1) is 10.1 Å². The van der Waals surface area contributed by atoms with Crippen molar-refractivity contribution in [1.82, 2.24) is 10.2 Å². The summed E-state index contributed by atoms with van der Waals surface area (Å²) in [5.41, 5.74) is 2.64. The minimum Gasteiger partial charge on any atom is -0.496 e. The van der Waals surface area contributed by atoms with Crippen molar-refractivity contribution in [1.29, 1.82) is 0 Å². The van der Waals surface area contributed by atoms with Gasteiger partial charge in [0.15, 0.2) is 5.11 Å². The van der Waals surface area contributed by atoms with Gasteiger partial charge in [0, 0.05) is 17.7 Å². The molecule has 0 aliphatic carbocycles. The summed E-state index contributed by atoms with van der Waals surface area (Å²) in [4.78, 5) is 25.1. The molecule has 0 spiro atoms. The van der Waals surface area contributed by atoms with Crippen LogP contribution in [0.1, 0.15) is 29.7 Å². The first-order valence-corrected chi connectivity index (χ1v) is 11.7. The van der Waals surface area contributed by atoms with Crippen LogP contribution >= 0.6 is 23.8 Å². The number of hydrogen-bond acceptors (Lipinski definition) is 6. The van der Waals surface area contributed by atoms with Gasteiger partial charge in [0.05, 0.1) is 23.1 Å². The third-order valence-corrected chi connectivity index (χ3v) is 6.30. The smallest absolute Gasteiger partial charge is 0.277 e. The molecule has 0 saturated carbocycles. The predicted molar refractivity (Wildman–Crippen MR) is 141 cm³/mol. The first-order valence-electron chi connectivity index (χ1n) is 10.9. The predicted octanol–water partition coefficient (Wildman–Crippen LogP) is 5.65. The lowest BCUT2D eigenvalue weighted by molar-refractivity contribution is -0.384. The number of rotatable bonds is 8. The third kappa shape index (κ3) is 5.32. The van der Waals surface area contributed by atoms with Crippen LogP contribution in [0.5, 0.6) is 11.5 Å². The Hall–Kier alpha value is -3.95. The maximum atomic E-state index is 13.2. The molecule has 3 aromatic carbocycles. The van der Waals surface area contributed by atoms with Crippen LogP contribution in [0.25, 0.3) is 6.08 Å². The SMILES string of the molecule is COc1ccc(/C=C2\NC(=S)N(C(C)c3ccccc3)C2=O)cc1COc1ccc([N+](=O)[O-])cc1Cl. The van der Waals surface area contributed by atoms with Gasteiger partial charge in [-0.1, -0.05) is 48.0 Å². The van der Waals surface area contributed by atoms with Gasteiger partial charge in [-0.3, -0.25) is 19.8 Å². The number of nitro benzene ring substituents is 1. The minimum absolute atomic E-state index is 0.0919. The molecule has 1 saturated heterocycles. The number of non-ortho nitro benzene ring substituents is 1. The third-order valence-electron chi connectivity index (χ3n) is 5.70. The monoisotopic (exact) mass is 523 g/mol. The Morgan fingerprint density at radius 1 is 1.14 bits per heavy atom. The number of nitrogens with zero attached hydrogens (tertiary/aromatic N) is 2. The van der Waals surface area contributed by atoms with Gasteiger partial charge < -0.3 is 14.8 Å². The maximum absolute atomic E-state index is 13.2. The molecular formula is C26H22ClN3O5S. The molecule has 0 aromatic heterocycles. The summed E-state index contributed by atoms with van der Waals surface area (Å²) in [6, 6.07) is 18.9. The van der Waals surface area contributed by atoms with Gasteiger partial charge in [-0.05, 0) is 54.5 Å². The number of nitro groups is 1. The molecule has 1 amide bonds. The van der Waals surface area contributed by atoms with E-state index in [-0.39, 0.29) is 29.3 Å². The summed E-state index contributed by atoms with van der Waals surface area (Å²) >= 11 is 11.6. The van der Waals surface area contributed by atoms with Gasteiger partial charge in [-0.2, -0.15) is 0 Å². The van der Waals surface area contributed by atoms with Crippen LogP contribution < -0.4 is 14.8 Å². The van der Waals surface area contributed by atoms with Crippen LogP contribution in [-0.4, -0.2) is 28.0 Å². The van der Waals surface area contributed by atoms with Gasteiger partial charge in [0.25, 0.3) is 11.6 Å². The molecule has 4 rings (SSSR count). The zero-order valence-corrected chi connectivity index (χ0v) is 21.0. The number of ether oxygens (including phenoxy) is 2. The van der Waals surface area contributed by atoms with E-state index in [1.165, 1.54) is 18.2 Å². The molecule has 184 valence electrons. The standard InChI is InChI=1S/C26H22ClN3O5S/c1-16(18-6-4-3-5-7-18)29-25(31)22(28-26(29)36)13-17-8-10-23(34-2)19(12-17)15-35-24-11-9-20(30(32)33)14-21(24)27/h3-14,16H,15H2,1-2H3,(H,28,36)/b22-13-. The summed E-state index contributed by atoms with van der Waals surface area (Å²) < 4.78 is 11.2. The van der Waals surface area contributed by atoms with E-state index in [1.54, 1.807) is 24.2 Å². The molecule has 1 N–H and O–H groups in total. The molecule has 36 heavy (non-hydrogen) atoms. The number of hydrogen-bond donors (Lipinski definition) is 1. The summed E-state index contributed by atoms with van der Waals surface area (Å²) in [6.45, 7) is 2.02. The highest BCUT2D eigenvalue weighted by atomic mass is 35.5.